The fourth-order valence-electron chi connectivity index (χ4n) is 3.03. The van der Waals surface area contributed by atoms with E-state index in [9.17, 15) is 9.90 Å². The molecule has 0 unspecified atom stereocenters. The van der Waals surface area contributed by atoms with Crippen molar-refractivity contribution in [3.63, 3.8) is 0 Å². The van der Waals surface area contributed by atoms with Crippen LogP contribution in [0.5, 0.6) is 0 Å². The second-order valence-corrected chi connectivity index (χ2v) is 4.89. The van der Waals surface area contributed by atoms with Gasteiger partial charge in [0.15, 0.2) is 5.78 Å². The molecular weight excluding hydrogens is 176 g/mol. The van der Waals surface area contributed by atoms with E-state index in [1.54, 1.807) is 6.08 Å². The van der Waals surface area contributed by atoms with E-state index < -0.39 is 11.5 Å². The Hall–Kier alpha value is -0.630. The number of carbonyl (C=O) groups excluding carboxylic acids is 1. The van der Waals surface area contributed by atoms with Crippen molar-refractivity contribution in [2.24, 2.45) is 11.3 Å². The van der Waals surface area contributed by atoms with E-state index in [2.05, 4.69) is 6.92 Å². The molecule has 2 rings (SSSR count). The number of hydrogen-bond acceptors (Lipinski definition) is 2. The fourth-order valence-corrected chi connectivity index (χ4v) is 3.03. The Morgan fingerprint density at radius 3 is 2.71 bits per heavy atom. The van der Waals surface area contributed by atoms with Gasteiger partial charge in [0.1, 0.15) is 0 Å². The Balaban J connectivity index is 2.36. The first kappa shape index (κ1) is 9.91. The molecule has 2 nitrogen and oxygen atoms in total. The summed E-state index contributed by atoms with van der Waals surface area (Å²) in [6, 6.07) is 0. The third-order valence-corrected chi connectivity index (χ3v) is 4.12. The van der Waals surface area contributed by atoms with E-state index in [0.717, 1.165) is 31.3 Å². The predicted molar refractivity (Wildman–Crippen MR) is 54.8 cm³/mol. The van der Waals surface area contributed by atoms with Gasteiger partial charge in [-0.15, -0.1) is 0 Å². The Bertz CT molecular complexity index is 281. The number of aliphatic hydroxyl groups is 1. The monoisotopic (exact) mass is 194 g/mol. The van der Waals surface area contributed by atoms with Gasteiger partial charge >= 0.3 is 0 Å². The van der Waals surface area contributed by atoms with Crippen LogP contribution in [0.3, 0.4) is 0 Å². The Labute approximate surface area is 85.0 Å². The zero-order chi connectivity index (χ0) is 10.3. The number of aliphatic hydroxyl groups excluding tert-OH is 1. The number of ketones is 1. The second-order valence-electron chi connectivity index (χ2n) is 4.89. The number of hydrogen-bond donors (Lipinski definition) is 1. The predicted octanol–water partition coefficient (Wildman–Crippen LogP) is 2.07. The van der Waals surface area contributed by atoms with Gasteiger partial charge in [-0.2, -0.15) is 0 Å². The molecular formula is C12H18O2. The summed E-state index contributed by atoms with van der Waals surface area (Å²) in [5, 5.41) is 9.98. The molecule has 0 aromatic carbocycles. The molecule has 0 aliphatic heterocycles. The molecule has 78 valence electrons. The molecule has 2 heteroatoms. The van der Waals surface area contributed by atoms with Gasteiger partial charge < -0.3 is 5.11 Å². The van der Waals surface area contributed by atoms with Gasteiger partial charge in [0.25, 0.3) is 0 Å². The minimum Gasteiger partial charge on any atom is -0.392 e. The van der Waals surface area contributed by atoms with Gasteiger partial charge in [-0.1, -0.05) is 12.5 Å². The van der Waals surface area contributed by atoms with Gasteiger partial charge in [-0.05, 0) is 44.6 Å². The van der Waals surface area contributed by atoms with Crippen LogP contribution in [0.15, 0.2) is 11.6 Å². The maximum atomic E-state index is 12.0. The zero-order valence-electron chi connectivity index (χ0n) is 8.92. The van der Waals surface area contributed by atoms with Crippen molar-refractivity contribution in [3.8, 4) is 0 Å². The summed E-state index contributed by atoms with van der Waals surface area (Å²) < 4.78 is 0. The van der Waals surface area contributed by atoms with Crippen LogP contribution < -0.4 is 0 Å². The molecule has 0 aromatic rings. The Kier molecular flexibility index (Phi) is 2.26. The van der Waals surface area contributed by atoms with E-state index in [-0.39, 0.29) is 5.78 Å². The Morgan fingerprint density at radius 1 is 1.50 bits per heavy atom. The van der Waals surface area contributed by atoms with Crippen molar-refractivity contribution in [2.75, 3.05) is 0 Å². The summed E-state index contributed by atoms with van der Waals surface area (Å²) in [5.74, 6) is 0.508. The highest BCUT2D eigenvalue weighted by Crippen LogP contribution is 2.50. The van der Waals surface area contributed by atoms with Gasteiger partial charge in [-0.25, -0.2) is 0 Å². The average Bonchev–Trinajstić information content (AvgIpc) is 2.40. The van der Waals surface area contributed by atoms with Crippen LogP contribution in [0.4, 0.5) is 0 Å². The molecule has 1 N–H and O–H groups in total. The summed E-state index contributed by atoms with van der Waals surface area (Å²) in [6.07, 6.45) is 4.92. The quantitative estimate of drug-likeness (QED) is 0.641. The molecule has 2 aliphatic carbocycles. The van der Waals surface area contributed by atoms with Gasteiger partial charge in [0, 0.05) is 0 Å². The molecule has 2 aliphatic rings. The third-order valence-electron chi connectivity index (χ3n) is 4.12. The summed E-state index contributed by atoms with van der Waals surface area (Å²) in [5.41, 5.74) is 0.728. The van der Waals surface area contributed by atoms with Crippen molar-refractivity contribution < 1.29 is 9.90 Å². The molecule has 0 aromatic heterocycles. The van der Waals surface area contributed by atoms with Crippen LogP contribution in [0.2, 0.25) is 0 Å². The van der Waals surface area contributed by atoms with Crippen molar-refractivity contribution in [1.82, 2.24) is 0 Å². The van der Waals surface area contributed by atoms with E-state index in [1.165, 1.54) is 0 Å². The number of allylic oxidation sites excluding steroid dienone is 2. The summed E-state index contributed by atoms with van der Waals surface area (Å²) in [6.45, 7) is 4.10. The minimum absolute atomic E-state index is 0.166. The van der Waals surface area contributed by atoms with E-state index >= 15 is 0 Å². The third kappa shape index (κ3) is 1.17. The molecule has 1 saturated carbocycles. The topological polar surface area (TPSA) is 37.3 Å². The molecule has 1 fully saturated rings. The van der Waals surface area contributed by atoms with Crippen molar-refractivity contribution in [2.45, 2.75) is 45.6 Å². The Morgan fingerprint density at radius 2 is 2.21 bits per heavy atom. The van der Waals surface area contributed by atoms with Crippen LogP contribution >= 0.6 is 0 Å². The fraction of sp³-hybridized carbons (Fsp3) is 0.750. The summed E-state index contributed by atoms with van der Waals surface area (Å²) in [7, 11) is 0. The molecule has 0 bridgehead atoms. The normalized spacial score (nSPS) is 43.1. The zero-order valence-corrected chi connectivity index (χ0v) is 8.92. The lowest BCUT2D eigenvalue weighted by atomic mass is 9.67. The standard InChI is InChI=1S/C12H18O2/c1-8-5-6-12(11(14)7-8)9(2)3-4-10(12)13/h7,9-10,13H,3-6H2,1-2H3/t9-,10-,12+/m0/s1. The van der Waals surface area contributed by atoms with Crippen molar-refractivity contribution in [3.05, 3.63) is 11.6 Å². The highest BCUT2D eigenvalue weighted by molar-refractivity contribution is 5.97. The van der Waals surface area contributed by atoms with Crippen LogP contribution in [0.25, 0.3) is 0 Å². The second kappa shape index (κ2) is 3.20. The smallest absolute Gasteiger partial charge is 0.164 e. The van der Waals surface area contributed by atoms with E-state index in [4.69, 9.17) is 0 Å². The maximum Gasteiger partial charge on any atom is 0.164 e. The maximum absolute atomic E-state index is 12.0. The number of carbonyl (C=O) groups is 1. The van der Waals surface area contributed by atoms with Crippen molar-refractivity contribution in [1.29, 1.82) is 0 Å². The van der Waals surface area contributed by atoms with Crippen LogP contribution in [-0.4, -0.2) is 17.0 Å². The molecule has 1 spiro atoms. The lowest BCUT2D eigenvalue weighted by molar-refractivity contribution is -0.132. The first-order valence-electron chi connectivity index (χ1n) is 5.47. The first-order chi connectivity index (χ1) is 6.57. The van der Waals surface area contributed by atoms with Crippen LogP contribution in [0, 0.1) is 11.3 Å². The van der Waals surface area contributed by atoms with Crippen LogP contribution in [0.1, 0.15) is 39.5 Å². The van der Waals surface area contributed by atoms with E-state index in [1.807, 2.05) is 6.92 Å². The first-order valence-corrected chi connectivity index (χ1v) is 5.47. The van der Waals surface area contributed by atoms with Gasteiger partial charge in [-0.3, -0.25) is 4.79 Å². The number of rotatable bonds is 0. The van der Waals surface area contributed by atoms with Gasteiger partial charge in [0.2, 0.25) is 0 Å². The molecule has 3 atom stereocenters. The lowest BCUT2D eigenvalue weighted by Crippen LogP contribution is -2.43. The SMILES string of the molecule is CC1=CC(=O)[C@]2(CC1)[C@@H](C)CC[C@@H]2O. The van der Waals surface area contributed by atoms with Crippen molar-refractivity contribution >= 4 is 5.78 Å². The molecule has 0 heterocycles. The van der Waals surface area contributed by atoms with Gasteiger partial charge in [0.05, 0.1) is 11.5 Å². The van der Waals surface area contributed by atoms with E-state index in [0.29, 0.717) is 5.92 Å². The summed E-state index contributed by atoms with van der Waals surface area (Å²) in [4.78, 5) is 12.0. The lowest BCUT2D eigenvalue weighted by Gasteiger charge is -2.37. The molecule has 14 heavy (non-hydrogen) atoms. The highest BCUT2D eigenvalue weighted by atomic mass is 16.3. The molecule has 0 amide bonds. The molecule has 0 radical (unpaired) electrons. The minimum atomic E-state index is -0.431. The highest BCUT2D eigenvalue weighted by Gasteiger charge is 2.52. The average molecular weight is 194 g/mol. The van der Waals surface area contributed by atoms with Crippen LogP contribution in [-0.2, 0) is 4.79 Å². The largest absolute Gasteiger partial charge is 0.392 e. The molecule has 0 saturated heterocycles. The summed E-state index contributed by atoms with van der Waals surface area (Å²) >= 11 is 0.